The second-order valence-electron chi connectivity index (χ2n) is 3.62. The Bertz CT molecular complexity index is 328. The fraction of sp³-hybridized carbons (Fsp3) is 0.500. The smallest absolute Gasteiger partial charge is 0.338 e. The summed E-state index contributed by atoms with van der Waals surface area (Å²) in [5, 5.41) is 8.66. The standard InChI is InChI=1S/C10H12N2O2/c13-10(14)8-5-11-9(12-6-8)7-3-1-2-4-7/h5-7H,1-4H2,(H,13,14). The van der Waals surface area contributed by atoms with Crippen molar-refractivity contribution < 1.29 is 9.90 Å². The van der Waals surface area contributed by atoms with Crippen molar-refractivity contribution in [2.45, 2.75) is 31.6 Å². The summed E-state index contributed by atoms with van der Waals surface area (Å²) in [6, 6.07) is 0. The molecule has 1 aliphatic carbocycles. The van der Waals surface area contributed by atoms with E-state index in [0.29, 0.717) is 5.92 Å². The van der Waals surface area contributed by atoms with E-state index in [0.717, 1.165) is 18.7 Å². The molecule has 0 spiro atoms. The van der Waals surface area contributed by atoms with E-state index in [1.807, 2.05) is 0 Å². The Morgan fingerprint density at radius 2 is 1.86 bits per heavy atom. The van der Waals surface area contributed by atoms with Crippen LogP contribution in [0.1, 0.15) is 47.8 Å². The van der Waals surface area contributed by atoms with Gasteiger partial charge in [0, 0.05) is 18.3 Å². The van der Waals surface area contributed by atoms with Crippen molar-refractivity contribution in [3.8, 4) is 0 Å². The van der Waals surface area contributed by atoms with Gasteiger partial charge in [0.05, 0.1) is 5.56 Å². The second kappa shape index (κ2) is 3.74. The van der Waals surface area contributed by atoms with Crippen molar-refractivity contribution in [2.75, 3.05) is 0 Å². The average Bonchev–Trinajstić information content (AvgIpc) is 2.71. The van der Waals surface area contributed by atoms with Gasteiger partial charge in [-0.3, -0.25) is 0 Å². The lowest BCUT2D eigenvalue weighted by Gasteiger charge is -2.06. The molecule has 0 saturated heterocycles. The molecule has 0 aromatic carbocycles. The highest BCUT2D eigenvalue weighted by Gasteiger charge is 2.19. The number of hydrogen-bond acceptors (Lipinski definition) is 3. The lowest BCUT2D eigenvalue weighted by molar-refractivity contribution is 0.0696. The van der Waals surface area contributed by atoms with Gasteiger partial charge in [0.1, 0.15) is 5.82 Å². The van der Waals surface area contributed by atoms with Crippen LogP contribution in [-0.2, 0) is 0 Å². The molecule has 1 N–H and O–H groups in total. The largest absolute Gasteiger partial charge is 0.478 e. The van der Waals surface area contributed by atoms with Crippen molar-refractivity contribution in [3.63, 3.8) is 0 Å². The molecular weight excluding hydrogens is 180 g/mol. The number of hydrogen-bond donors (Lipinski definition) is 1. The minimum atomic E-state index is -0.969. The first-order chi connectivity index (χ1) is 6.77. The topological polar surface area (TPSA) is 63.1 Å². The number of carboxylic acid groups (broad SMARTS) is 1. The number of aromatic carboxylic acids is 1. The molecule has 0 radical (unpaired) electrons. The summed E-state index contributed by atoms with van der Waals surface area (Å²) in [5.41, 5.74) is 0.159. The molecule has 0 bridgehead atoms. The Morgan fingerprint density at radius 1 is 1.29 bits per heavy atom. The molecule has 1 aliphatic rings. The van der Waals surface area contributed by atoms with Crippen molar-refractivity contribution in [1.82, 2.24) is 9.97 Å². The van der Waals surface area contributed by atoms with Gasteiger partial charge in [-0.05, 0) is 12.8 Å². The SMILES string of the molecule is O=C(O)c1cnc(C2CCCC2)nc1. The maximum absolute atomic E-state index is 10.6. The molecule has 1 aromatic heterocycles. The Labute approximate surface area is 82.0 Å². The second-order valence-corrected chi connectivity index (χ2v) is 3.62. The molecule has 4 heteroatoms. The van der Waals surface area contributed by atoms with Gasteiger partial charge in [0.15, 0.2) is 0 Å². The van der Waals surface area contributed by atoms with E-state index >= 15 is 0 Å². The Kier molecular flexibility index (Phi) is 2.43. The Morgan fingerprint density at radius 3 is 2.36 bits per heavy atom. The molecule has 1 saturated carbocycles. The molecule has 4 nitrogen and oxygen atoms in total. The maximum atomic E-state index is 10.6. The quantitative estimate of drug-likeness (QED) is 0.776. The van der Waals surface area contributed by atoms with E-state index in [1.54, 1.807) is 0 Å². The first kappa shape index (κ1) is 9.12. The molecule has 0 atom stereocenters. The Balaban J connectivity index is 2.16. The molecule has 0 unspecified atom stereocenters. The highest BCUT2D eigenvalue weighted by Crippen LogP contribution is 2.31. The van der Waals surface area contributed by atoms with Crippen LogP contribution in [0.3, 0.4) is 0 Å². The van der Waals surface area contributed by atoms with E-state index in [4.69, 9.17) is 5.11 Å². The van der Waals surface area contributed by atoms with Gasteiger partial charge in [-0.25, -0.2) is 14.8 Å². The predicted molar refractivity (Wildman–Crippen MR) is 50.2 cm³/mol. The maximum Gasteiger partial charge on any atom is 0.338 e. The summed E-state index contributed by atoms with van der Waals surface area (Å²) < 4.78 is 0. The molecular formula is C10H12N2O2. The lowest BCUT2D eigenvalue weighted by Crippen LogP contribution is -2.04. The van der Waals surface area contributed by atoms with Gasteiger partial charge in [-0.1, -0.05) is 12.8 Å². The van der Waals surface area contributed by atoms with E-state index in [9.17, 15) is 4.79 Å². The fourth-order valence-electron chi connectivity index (χ4n) is 1.84. The number of aromatic nitrogens is 2. The van der Waals surface area contributed by atoms with Crippen LogP contribution in [0.2, 0.25) is 0 Å². The van der Waals surface area contributed by atoms with Crippen LogP contribution in [0.25, 0.3) is 0 Å². The third-order valence-electron chi connectivity index (χ3n) is 2.64. The fourth-order valence-corrected chi connectivity index (χ4v) is 1.84. The number of rotatable bonds is 2. The van der Waals surface area contributed by atoms with Crippen molar-refractivity contribution in [2.24, 2.45) is 0 Å². The van der Waals surface area contributed by atoms with Crippen LogP contribution in [-0.4, -0.2) is 21.0 Å². The van der Waals surface area contributed by atoms with Gasteiger partial charge in [-0.2, -0.15) is 0 Å². The van der Waals surface area contributed by atoms with E-state index in [-0.39, 0.29) is 5.56 Å². The summed E-state index contributed by atoms with van der Waals surface area (Å²) >= 11 is 0. The zero-order valence-corrected chi connectivity index (χ0v) is 7.81. The van der Waals surface area contributed by atoms with Gasteiger partial charge < -0.3 is 5.11 Å². The molecule has 0 aliphatic heterocycles. The zero-order chi connectivity index (χ0) is 9.97. The number of carboxylic acids is 1. The summed E-state index contributed by atoms with van der Waals surface area (Å²) in [4.78, 5) is 18.7. The van der Waals surface area contributed by atoms with Gasteiger partial charge >= 0.3 is 5.97 Å². The highest BCUT2D eigenvalue weighted by atomic mass is 16.4. The Hall–Kier alpha value is -1.45. The molecule has 1 heterocycles. The highest BCUT2D eigenvalue weighted by molar-refractivity contribution is 5.86. The van der Waals surface area contributed by atoms with Crippen LogP contribution in [0, 0.1) is 0 Å². The molecule has 2 rings (SSSR count). The average molecular weight is 192 g/mol. The normalized spacial score (nSPS) is 17.1. The van der Waals surface area contributed by atoms with E-state index in [2.05, 4.69) is 9.97 Å². The van der Waals surface area contributed by atoms with Crippen LogP contribution in [0.15, 0.2) is 12.4 Å². The van der Waals surface area contributed by atoms with Gasteiger partial charge in [0.25, 0.3) is 0 Å². The van der Waals surface area contributed by atoms with Crippen LogP contribution < -0.4 is 0 Å². The van der Waals surface area contributed by atoms with Crippen LogP contribution in [0.4, 0.5) is 0 Å². The molecule has 14 heavy (non-hydrogen) atoms. The summed E-state index contributed by atoms with van der Waals surface area (Å²) in [5.74, 6) is 0.272. The van der Waals surface area contributed by atoms with Crippen molar-refractivity contribution >= 4 is 5.97 Å². The van der Waals surface area contributed by atoms with Gasteiger partial charge in [0.2, 0.25) is 0 Å². The zero-order valence-electron chi connectivity index (χ0n) is 7.81. The van der Waals surface area contributed by atoms with Crippen molar-refractivity contribution in [1.29, 1.82) is 0 Å². The molecule has 0 amide bonds. The minimum Gasteiger partial charge on any atom is -0.478 e. The minimum absolute atomic E-state index is 0.159. The summed E-state index contributed by atoms with van der Waals surface area (Å²) in [6.45, 7) is 0. The third-order valence-corrected chi connectivity index (χ3v) is 2.64. The lowest BCUT2D eigenvalue weighted by atomic mass is 10.1. The van der Waals surface area contributed by atoms with E-state index < -0.39 is 5.97 Å². The third kappa shape index (κ3) is 1.73. The number of carbonyl (C=O) groups is 1. The molecule has 1 fully saturated rings. The van der Waals surface area contributed by atoms with Crippen molar-refractivity contribution in [3.05, 3.63) is 23.8 Å². The first-order valence-electron chi connectivity index (χ1n) is 4.82. The number of nitrogens with zero attached hydrogens (tertiary/aromatic N) is 2. The summed E-state index contributed by atoms with van der Waals surface area (Å²) in [7, 11) is 0. The molecule has 1 aromatic rings. The predicted octanol–water partition coefficient (Wildman–Crippen LogP) is 1.83. The monoisotopic (exact) mass is 192 g/mol. The molecule has 74 valence electrons. The van der Waals surface area contributed by atoms with Crippen LogP contribution >= 0.6 is 0 Å². The van der Waals surface area contributed by atoms with Crippen LogP contribution in [0.5, 0.6) is 0 Å². The first-order valence-corrected chi connectivity index (χ1v) is 4.82. The van der Waals surface area contributed by atoms with Gasteiger partial charge in [-0.15, -0.1) is 0 Å². The van der Waals surface area contributed by atoms with E-state index in [1.165, 1.54) is 25.2 Å². The summed E-state index contributed by atoms with van der Waals surface area (Å²) in [6.07, 6.45) is 7.51.